The summed E-state index contributed by atoms with van der Waals surface area (Å²) < 4.78 is 4.66. The zero-order chi connectivity index (χ0) is 12.4. The van der Waals surface area contributed by atoms with Crippen LogP contribution in [-0.4, -0.2) is 18.1 Å². The molecule has 88 valence electrons. The summed E-state index contributed by atoms with van der Waals surface area (Å²) in [5.41, 5.74) is 2.51. The van der Waals surface area contributed by atoms with Crippen LogP contribution >= 0.6 is 11.6 Å². The molecule has 0 aliphatic heterocycles. The van der Waals surface area contributed by atoms with E-state index in [4.69, 9.17) is 11.6 Å². The van der Waals surface area contributed by atoms with E-state index in [9.17, 15) is 4.79 Å². The number of carbonyl (C=O) groups is 1. The summed E-state index contributed by atoms with van der Waals surface area (Å²) in [6.07, 6.45) is 0.185. The van der Waals surface area contributed by atoms with Gasteiger partial charge in [-0.05, 0) is 30.7 Å². The first kappa shape index (κ1) is 11.9. The highest BCUT2D eigenvalue weighted by atomic mass is 35.5. The van der Waals surface area contributed by atoms with E-state index in [1.165, 1.54) is 7.11 Å². The van der Waals surface area contributed by atoms with Gasteiger partial charge in [-0.15, -0.1) is 0 Å². The Balaban J connectivity index is 2.59. The Morgan fingerprint density at radius 1 is 1.41 bits per heavy atom. The zero-order valence-electron chi connectivity index (χ0n) is 9.66. The summed E-state index contributed by atoms with van der Waals surface area (Å²) in [6.45, 7) is 1.91. The number of hydrogen-bond acceptors (Lipinski definition) is 3. The quantitative estimate of drug-likeness (QED) is 0.769. The number of benzene rings is 1. The van der Waals surface area contributed by atoms with Crippen LogP contribution in [0, 0.1) is 6.92 Å². The lowest BCUT2D eigenvalue weighted by atomic mass is 10.1. The number of fused-ring (bicyclic) bond motifs is 1. The molecular weight excluding hydrogens is 238 g/mol. The molecule has 0 bridgehead atoms. The molecule has 0 spiro atoms. The molecular formula is C13H12ClNO2. The lowest BCUT2D eigenvalue weighted by Crippen LogP contribution is -2.05. The largest absolute Gasteiger partial charge is 0.469 e. The molecule has 0 fully saturated rings. The van der Waals surface area contributed by atoms with Crippen LogP contribution in [0.5, 0.6) is 0 Å². The minimum absolute atomic E-state index is 0.185. The minimum Gasteiger partial charge on any atom is -0.469 e. The van der Waals surface area contributed by atoms with Gasteiger partial charge in [0.15, 0.2) is 0 Å². The molecule has 0 radical (unpaired) electrons. The molecule has 0 amide bonds. The van der Waals surface area contributed by atoms with Gasteiger partial charge in [0.1, 0.15) is 0 Å². The Morgan fingerprint density at radius 2 is 2.18 bits per heavy atom. The molecule has 4 heteroatoms. The Morgan fingerprint density at radius 3 is 2.88 bits per heavy atom. The maximum atomic E-state index is 11.3. The molecule has 0 atom stereocenters. The number of hydrogen-bond donors (Lipinski definition) is 0. The molecule has 1 heterocycles. The number of halogens is 1. The molecule has 0 aliphatic carbocycles. The number of methoxy groups -OCH3 is 1. The normalized spacial score (nSPS) is 10.5. The molecule has 0 aliphatic rings. The van der Waals surface area contributed by atoms with E-state index in [1.807, 2.05) is 25.1 Å². The summed E-state index contributed by atoms with van der Waals surface area (Å²) in [4.78, 5) is 15.8. The van der Waals surface area contributed by atoms with Crippen LogP contribution < -0.4 is 0 Å². The first-order valence-corrected chi connectivity index (χ1v) is 5.60. The summed E-state index contributed by atoms with van der Waals surface area (Å²) in [7, 11) is 1.37. The summed E-state index contributed by atoms with van der Waals surface area (Å²) in [5, 5.41) is 1.53. The fourth-order valence-electron chi connectivity index (χ4n) is 1.73. The number of carbonyl (C=O) groups excluding carboxylic acids is 1. The summed E-state index contributed by atoms with van der Waals surface area (Å²) >= 11 is 6.01. The van der Waals surface area contributed by atoms with Gasteiger partial charge in [0.25, 0.3) is 0 Å². The Labute approximate surface area is 104 Å². The van der Waals surface area contributed by atoms with Crippen molar-refractivity contribution < 1.29 is 9.53 Å². The molecule has 0 saturated heterocycles. The second kappa shape index (κ2) is 4.72. The van der Waals surface area contributed by atoms with Crippen LogP contribution in [0.1, 0.15) is 11.3 Å². The molecule has 1 aromatic carbocycles. The number of esters is 1. The minimum atomic E-state index is -0.295. The number of aryl methyl sites for hydroxylation is 1. The van der Waals surface area contributed by atoms with Crippen molar-refractivity contribution in [3.63, 3.8) is 0 Å². The van der Waals surface area contributed by atoms with Gasteiger partial charge >= 0.3 is 5.97 Å². The average molecular weight is 250 g/mol. The number of rotatable bonds is 2. The van der Waals surface area contributed by atoms with Crippen molar-refractivity contribution in [3.8, 4) is 0 Å². The van der Waals surface area contributed by atoms with Crippen molar-refractivity contribution >= 4 is 28.5 Å². The van der Waals surface area contributed by atoms with Crippen LogP contribution in [0.3, 0.4) is 0 Å². The molecule has 1 aromatic heterocycles. The van der Waals surface area contributed by atoms with Crippen LogP contribution in [0.25, 0.3) is 10.9 Å². The smallest absolute Gasteiger partial charge is 0.310 e. The lowest BCUT2D eigenvalue weighted by Gasteiger charge is -2.06. The van der Waals surface area contributed by atoms with Gasteiger partial charge < -0.3 is 4.74 Å². The van der Waals surface area contributed by atoms with Crippen molar-refractivity contribution in [2.45, 2.75) is 13.3 Å². The van der Waals surface area contributed by atoms with Gasteiger partial charge in [-0.1, -0.05) is 17.7 Å². The van der Waals surface area contributed by atoms with E-state index in [0.717, 1.165) is 22.2 Å². The highest BCUT2D eigenvalue weighted by molar-refractivity contribution is 6.31. The second-order valence-corrected chi connectivity index (χ2v) is 4.28. The van der Waals surface area contributed by atoms with Gasteiger partial charge in [0.2, 0.25) is 0 Å². The van der Waals surface area contributed by atoms with Crippen LogP contribution in [0.4, 0.5) is 0 Å². The second-order valence-electron chi connectivity index (χ2n) is 3.84. The van der Waals surface area contributed by atoms with Crippen molar-refractivity contribution in [2.24, 2.45) is 0 Å². The monoisotopic (exact) mass is 249 g/mol. The number of nitrogens with zero attached hydrogens (tertiary/aromatic N) is 1. The first-order chi connectivity index (χ1) is 8.10. The van der Waals surface area contributed by atoms with E-state index >= 15 is 0 Å². The van der Waals surface area contributed by atoms with Crippen LogP contribution in [0.15, 0.2) is 24.3 Å². The predicted molar refractivity (Wildman–Crippen MR) is 67.2 cm³/mol. The van der Waals surface area contributed by atoms with Gasteiger partial charge in [-0.25, -0.2) is 0 Å². The van der Waals surface area contributed by atoms with Gasteiger partial charge in [0, 0.05) is 16.1 Å². The summed E-state index contributed by atoms with van der Waals surface area (Å²) in [6, 6.07) is 7.46. The number of ether oxygens (including phenoxy) is 1. The predicted octanol–water partition coefficient (Wildman–Crippen LogP) is 2.91. The first-order valence-electron chi connectivity index (χ1n) is 5.23. The van der Waals surface area contributed by atoms with Crippen molar-refractivity contribution in [2.75, 3.05) is 7.11 Å². The topological polar surface area (TPSA) is 39.2 Å². The van der Waals surface area contributed by atoms with Crippen molar-refractivity contribution in [1.82, 2.24) is 4.98 Å². The van der Waals surface area contributed by atoms with E-state index in [-0.39, 0.29) is 12.4 Å². The lowest BCUT2D eigenvalue weighted by molar-refractivity contribution is -0.139. The van der Waals surface area contributed by atoms with E-state index < -0.39 is 0 Å². The Kier molecular flexibility index (Phi) is 3.29. The van der Waals surface area contributed by atoms with Crippen LogP contribution in [0.2, 0.25) is 5.02 Å². The number of pyridine rings is 1. The maximum absolute atomic E-state index is 11.3. The standard InChI is InChI=1S/C13H12ClNO2/c1-8-3-4-9-5-11(14)6-10(13(9)15-8)7-12(16)17-2/h3-6H,7H2,1-2H3. The molecule has 2 rings (SSSR count). The fraction of sp³-hybridized carbons (Fsp3) is 0.231. The Bertz CT molecular complexity index is 581. The van der Waals surface area contributed by atoms with Crippen LogP contribution in [-0.2, 0) is 16.0 Å². The molecule has 0 N–H and O–H groups in total. The summed E-state index contributed by atoms with van der Waals surface area (Å²) in [5.74, 6) is -0.295. The molecule has 2 aromatic rings. The zero-order valence-corrected chi connectivity index (χ0v) is 10.4. The van der Waals surface area contributed by atoms with Crippen molar-refractivity contribution in [3.05, 3.63) is 40.5 Å². The molecule has 17 heavy (non-hydrogen) atoms. The van der Waals surface area contributed by atoms with Gasteiger partial charge in [-0.3, -0.25) is 9.78 Å². The highest BCUT2D eigenvalue weighted by Gasteiger charge is 2.09. The van der Waals surface area contributed by atoms with E-state index in [2.05, 4.69) is 9.72 Å². The van der Waals surface area contributed by atoms with E-state index in [1.54, 1.807) is 6.07 Å². The van der Waals surface area contributed by atoms with Gasteiger partial charge in [0.05, 0.1) is 19.0 Å². The van der Waals surface area contributed by atoms with E-state index in [0.29, 0.717) is 5.02 Å². The third-order valence-corrected chi connectivity index (χ3v) is 2.76. The molecule has 0 unspecified atom stereocenters. The van der Waals surface area contributed by atoms with Crippen molar-refractivity contribution in [1.29, 1.82) is 0 Å². The molecule has 3 nitrogen and oxygen atoms in total. The number of aromatic nitrogens is 1. The average Bonchev–Trinajstić information content (AvgIpc) is 2.29. The highest BCUT2D eigenvalue weighted by Crippen LogP contribution is 2.23. The maximum Gasteiger partial charge on any atom is 0.310 e. The third kappa shape index (κ3) is 2.56. The Hall–Kier alpha value is -1.61. The SMILES string of the molecule is COC(=O)Cc1cc(Cl)cc2ccc(C)nc12. The van der Waals surface area contributed by atoms with Gasteiger partial charge in [-0.2, -0.15) is 0 Å². The fourth-order valence-corrected chi connectivity index (χ4v) is 1.98. The molecule has 0 saturated carbocycles. The third-order valence-electron chi connectivity index (χ3n) is 2.54.